The van der Waals surface area contributed by atoms with Crippen LogP contribution in [0, 0.1) is 13.8 Å². The standard InChI is InChI=1S/C20H19NO3/c1-13-5-4-6-18(14(13)2)21-20(22)15-9-10-24-19-8-7-17(23-3)12-16(19)11-15/h4-12H,1-3H3,(H,21,22). The Morgan fingerprint density at radius 2 is 2.00 bits per heavy atom. The second-order valence-corrected chi connectivity index (χ2v) is 5.63. The summed E-state index contributed by atoms with van der Waals surface area (Å²) in [7, 11) is 1.61. The molecule has 4 heteroatoms. The van der Waals surface area contributed by atoms with Gasteiger partial charge in [-0.2, -0.15) is 0 Å². The summed E-state index contributed by atoms with van der Waals surface area (Å²) in [5.74, 6) is 1.21. The number of nitrogens with one attached hydrogen (secondary N) is 1. The maximum atomic E-state index is 12.6. The van der Waals surface area contributed by atoms with E-state index in [1.807, 2.05) is 50.2 Å². The first-order chi connectivity index (χ1) is 11.6. The quantitative estimate of drug-likeness (QED) is 0.920. The molecule has 0 bridgehead atoms. The summed E-state index contributed by atoms with van der Waals surface area (Å²) in [4.78, 5) is 12.6. The minimum atomic E-state index is -0.181. The number of fused-ring (bicyclic) bond motifs is 1. The topological polar surface area (TPSA) is 47.6 Å². The predicted octanol–water partition coefficient (Wildman–Crippen LogP) is 4.24. The number of carbonyl (C=O) groups excluding carboxylic acids is 1. The maximum Gasteiger partial charge on any atom is 0.255 e. The van der Waals surface area contributed by atoms with Gasteiger partial charge in [0.2, 0.25) is 0 Å². The van der Waals surface area contributed by atoms with Crippen LogP contribution >= 0.6 is 0 Å². The predicted molar refractivity (Wildman–Crippen MR) is 95.3 cm³/mol. The Balaban J connectivity index is 1.91. The first-order valence-electron chi connectivity index (χ1n) is 7.69. The fourth-order valence-corrected chi connectivity index (χ4v) is 2.49. The molecule has 0 saturated carbocycles. The maximum absolute atomic E-state index is 12.6. The van der Waals surface area contributed by atoms with Crippen LogP contribution in [0.3, 0.4) is 0 Å². The van der Waals surface area contributed by atoms with Gasteiger partial charge in [-0.1, -0.05) is 12.1 Å². The van der Waals surface area contributed by atoms with Crippen LogP contribution in [-0.2, 0) is 4.79 Å². The Kier molecular flexibility index (Phi) is 4.38. The van der Waals surface area contributed by atoms with Crippen molar-refractivity contribution in [3.63, 3.8) is 0 Å². The average molecular weight is 321 g/mol. The van der Waals surface area contributed by atoms with Crippen molar-refractivity contribution >= 4 is 17.7 Å². The molecule has 0 fully saturated rings. The minimum absolute atomic E-state index is 0.181. The lowest BCUT2D eigenvalue weighted by Crippen LogP contribution is -2.14. The number of carbonyl (C=O) groups is 1. The fourth-order valence-electron chi connectivity index (χ4n) is 2.49. The van der Waals surface area contributed by atoms with Gasteiger partial charge in [-0.3, -0.25) is 4.79 Å². The number of amides is 1. The van der Waals surface area contributed by atoms with Crippen LogP contribution in [0.2, 0.25) is 0 Å². The van der Waals surface area contributed by atoms with Crippen molar-refractivity contribution in [3.8, 4) is 11.5 Å². The first kappa shape index (κ1) is 15.9. The van der Waals surface area contributed by atoms with E-state index in [0.29, 0.717) is 17.1 Å². The van der Waals surface area contributed by atoms with E-state index >= 15 is 0 Å². The molecule has 0 atom stereocenters. The van der Waals surface area contributed by atoms with Crippen molar-refractivity contribution in [2.45, 2.75) is 13.8 Å². The Labute approximate surface area is 141 Å². The number of methoxy groups -OCH3 is 1. The second kappa shape index (κ2) is 6.62. The number of aryl methyl sites for hydroxylation is 1. The molecule has 0 unspecified atom stereocenters. The number of hydrogen-bond donors (Lipinski definition) is 1. The Hall–Kier alpha value is -3.01. The number of benzene rings is 2. The number of ether oxygens (including phenoxy) is 2. The molecule has 1 heterocycles. The van der Waals surface area contributed by atoms with Gasteiger partial charge >= 0.3 is 0 Å². The Bertz CT molecular complexity index is 850. The summed E-state index contributed by atoms with van der Waals surface area (Å²) < 4.78 is 10.8. The van der Waals surface area contributed by atoms with E-state index in [2.05, 4.69) is 5.32 Å². The molecule has 2 aromatic rings. The second-order valence-electron chi connectivity index (χ2n) is 5.63. The molecule has 3 rings (SSSR count). The van der Waals surface area contributed by atoms with Crippen LogP contribution in [0.5, 0.6) is 11.5 Å². The van der Waals surface area contributed by atoms with Crippen molar-refractivity contribution in [1.29, 1.82) is 0 Å². The van der Waals surface area contributed by atoms with Gasteiger partial charge in [-0.15, -0.1) is 0 Å². The summed E-state index contributed by atoms with van der Waals surface area (Å²) in [6.45, 7) is 4.01. The van der Waals surface area contributed by atoms with Crippen LogP contribution in [0.25, 0.3) is 6.08 Å². The summed E-state index contributed by atoms with van der Waals surface area (Å²) in [6.07, 6.45) is 4.97. The normalized spacial score (nSPS) is 12.5. The minimum Gasteiger partial charge on any atom is -0.497 e. The smallest absolute Gasteiger partial charge is 0.255 e. The summed E-state index contributed by atoms with van der Waals surface area (Å²) >= 11 is 0. The van der Waals surface area contributed by atoms with Crippen molar-refractivity contribution in [3.05, 3.63) is 71.0 Å². The molecule has 1 aliphatic rings. The van der Waals surface area contributed by atoms with Gasteiger partial charge in [0.25, 0.3) is 5.91 Å². The number of rotatable bonds is 3. The van der Waals surface area contributed by atoms with E-state index in [0.717, 1.165) is 22.4 Å². The SMILES string of the molecule is COc1ccc2c(c1)C=C(C(=O)Nc1cccc(C)c1C)C=CO2. The largest absolute Gasteiger partial charge is 0.497 e. The highest BCUT2D eigenvalue weighted by atomic mass is 16.5. The highest BCUT2D eigenvalue weighted by Crippen LogP contribution is 2.29. The van der Waals surface area contributed by atoms with Crippen molar-refractivity contribution in [1.82, 2.24) is 0 Å². The van der Waals surface area contributed by atoms with Gasteiger partial charge in [-0.05, 0) is 61.4 Å². The van der Waals surface area contributed by atoms with E-state index in [4.69, 9.17) is 9.47 Å². The lowest BCUT2D eigenvalue weighted by Gasteiger charge is -2.10. The molecule has 2 aromatic carbocycles. The average Bonchev–Trinajstić information content (AvgIpc) is 2.80. The molecule has 24 heavy (non-hydrogen) atoms. The van der Waals surface area contributed by atoms with Crippen molar-refractivity contribution < 1.29 is 14.3 Å². The van der Waals surface area contributed by atoms with Gasteiger partial charge in [0.15, 0.2) is 0 Å². The van der Waals surface area contributed by atoms with Gasteiger partial charge in [0.05, 0.1) is 13.4 Å². The monoisotopic (exact) mass is 321 g/mol. The summed E-state index contributed by atoms with van der Waals surface area (Å²) in [5, 5.41) is 2.96. The molecule has 0 aliphatic carbocycles. The van der Waals surface area contributed by atoms with Crippen LogP contribution in [0.1, 0.15) is 16.7 Å². The lowest BCUT2D eigenvalue weighted by atomic mass is 10.1. The van der Waals surface area contributed by atoms with Gasteiger partial charge < -0.3 is 14.8 Å². The van der Waals surface area contributed by atoms with Gasteiger partial charge in [0, 0.05) is 16.8 Å². The molecule has 122 valence electrons. The molecule has 0 saturated heterocycles. The molecule has 4 nitrogen and oxygen atoms in total. The third-order valence-corrected chi connectivity index (χ3v) is 4.09. The molecular weight excluding hydrogens is 302 g/mol. The van der Waals surface area contributed by atoms with E-state index in [9.17, 15) is 4.79 Å². The van der Waals surface area contributed by atoms with Gasteiger partial charge in [-0.25, -0.2) is 0 Å². The third kappa shape index (κ3) is 3.18. The Morgan fingerprint density at radius 3 is 2.79 bits per heavy atom. The van der Waals surface area contributed by atoms with E-state index in [-0.39, 0.29) is 5.91 Å². The summed E-state index contributed by atoms with van der Waals surface area (Å²) in [6, 6.07) is 11.3. The zero-order chi connectivity index (χ0) is 17.1. The van der Waals surface area contributed by atoms with Gasteiger partial charge in [0.1, 0.15) is 11.5 Å². The van der Waals surface area contributed by atoms with E-state index in [1.165, 1.54) is 6.26 Å². The molecule has 1 N–H and O–H groups in total. The van der Waals surface area contributed by atoms with E-state index in [1.54, 1.807) is 19.3 Å². The Morgan fingerprint density at radius 1 is 1.17 bits per heavy atom. The third-order valence-electron chi connectivity index (χ3n) is 4.09. The molecule has 0 radical (unpaired) electrons. The molecular formula is C20H19NO3. The highest BCUT2D eigenvalue weighted by Gasteiger charge is 2.14. The molecule has 1 amide bonds. The van der Waals surface area contributed by atoms with Crippen molar-refractivity contribution in [2.75, 3.05) is 12.4 Å². The van der Waals surface area contributed by atoms with Crippen LogP contribution in [0.15, 0.2) is 54.3 Å². The summed E-state index contributed by atoms with van der Waals surface area (Å²) in [5.41, 5.74) is 4.32. The molecule has 0 spiro atoms. The zero-order valence-corrected chi connectivity index (χ0v) is 13.9. The van der Waals surface area contributed by atoms with Crippen LogP contribution in [-0.4, -0.2) is 13.0 Å². The highest BCUT2D eigenvalue weighted by molar-refractivity contribution is 6.09. The van der Waals surface area contributed by atoms with Crippen LogP contribution in [0.4, 0.5) is 5.69 Å². The number of hydrogen-bond acceptors (Lipinski definition) is 3. The zero-order valence-electron chi connectivity index (χ0n) is 13.9. The molecule has 1 aliphatic heterocycles. The lowest BCUT2D eigenvalue weighted by molar-refractivity contribution is -0.112. The van der Waals surface area contributed by atoms with E-state index < -0.39 is 0 Å². The van der Waals surface area contributed by atoms with Crippen LogP contribution < -0.4 is 14.8 Å². The molecule has 0 aromatic heterocycles. The van der Waals surface area contributed by atoms with Crippen molar-refractivity contribution in [2.24, 2.45) is 0 Å². The number of anilines is 1. The first-order valence-corrected chi connectivity index (χ1v) is 7.69. The fraction of sp³-hybridized carbons (Fsp3) is 0.150.